The summed E-state index contributed by atoms with van der Waals surface area (Å²) in [5.41, 5.74) is 5.31. The van der Waals surface area contributed by atoms with Crippen molar-refractivity contribution >= 4 is 32.4 Å². The normalized spacial score (nSPS) is 16.1. The quantitative estimate of drug-likeness (QED) is 0.449. The van der Waals surface area contributed by atoms with Gasteiger partial charge in [0.25, 0.3) is 5.91 Å². The van der Waals surface area contributed by atoms with Crippen molar-refractivity contribution in [1.82, 2.24) is 14.6 Å². The predicted molar refractivity (Wildman–Crippen MR) is 131 cm³/mol. The van der Waals surface area contributed by atoms with E-state index in [0.29, 0.717) is 31.1 Å². The molecule has 0 atom stereocenters. The van der Waals surface area contributed by atoms with Crippen LogP contribution in [0.4, 0.5) is 0 Å². The third-order valence-corrected chi connectivity index (χ3v) is 7.79. The Morgan fingerprint density at radius 2 is 1.61 bits per heavy atom. The number of hydrazone groups is 1. The summed E-state index contributed by atoms with van der Waals surface area (Å²) in [5, 5.41) is 6.53. The van der Waals surface area contributed by atoms with E-state index in [2.05, 4.69) is 16.6 Å². The van der Waals surface area contributed by atoms with Crippen molar-refractivity contribution in [3.05, 3.63) is 77.9 Å². The molecule has 1 aliphatic heterocycles. The molecule has 172 valence electrons. The van der Waals surface area contributed by atoms with Crippen molar-refractivity contribution in [2.45, 2.75) is 18.7 Å². The molecular formula is C25H28N4O3S. The van der Waals surface area contributed by atoms with E-state index < -0.39 is 10.0 Å². The van der Waals surface area contributed by atoms with Crippen molar-refractivity contribution in [2.75, 3.05) is 32.7 Å². The molecule has 0 bridgehead atoms. The molecule has 1 fully saturated rings. The number of nitrogens with zero attached hydrogens (tertiary/aromatic N) is 3. The lowest BCUT2D eigenvalue weighted by molar-refractivity contribution is -0.122. The number of hydrogen-bond donors (Lipinski definition) is 1. The van der Waals surface area contributed by atoms with Gasteiger partial charge in [0.2, 0.25) is 10.0 Å². The minimum Gasteiger partial charge on any atom is -0.292 e. The van der Waals surface area contributed by atoms with E-state index in [9.17, 15) is 13.2 Å². The maximum atomic E-state index is 12.8. The first-order valence-corrected chi connectivity index (χ1v) is 12.4. The van der Waals surface area contributed by atoms with Gasteiger partial charge < -0.3 is 0 Å². The number of carbonyl (C=O) groups is 1. The van der Waals surface area contributed by atoms with Gasteiger partial charge in [-0.2, -0.15) is 9.41 Å². The van der Waals surface area contributed by atoms with Crippen molar-refractivity contribution in [1.29, 1.82) is 0 Å². The maximum absolute atomic E-state index is 12.8. The highest BCUT2D eigenvalue weighted by molar-refractivity contribution is 7.89. The number of hydrogen-bond acceptors (Lipinski definition) is 5. The van der Waals surface area contributed by atoms with Crippen LogP contribution >= 0.6 is 0 Å². The smallest absolute Gasteiger partial charge is 0.254 e. The van der Waals surface area contributed by atoms with Crippen LogP contribution in [0.2, 0.25) is 0 Å². The van der Waals surface area contributed by atoms with E-state index in [-0.39, 0.29) is 12.5 Å². The molecule has 33 heavy (non-hydrogen) atoms. The molecule has 0 aliphatic carbocycles. The van der Waals surface area contributed by atoms with Crippen LogP contribution in [0.1, 0.15) is 18.1 Å². The summed E-state index contributed by atoms with van der Waals surface area (Å²) < 4.78 is 27.1. The molecule has 0 aromatic heterocycles. The Labute approximate surface area is 194 Å². The van der Waals surface area contributed by atoms with Gasteiger partial charge in [0.15, 0.2) is 0 Å². The molecule has 7 nitrogen and oxygen atoms in total. The van der Waals surface area contributed by atoms with Gasteiger partial charge in [0, 0.05) is 26.2 Å². The largest absolute Gasteiger partial charge is 0.292 e. The van der Waals surface area contributed by atoms with Crippen LogP contribution in [0.25, 0.3) is 10.8 Å². The number of amides is 1. The average molecular weight is 465 g/mol. The molecule has 1 N–H and O–H groups in total. The molecule has 8 heteroatoms. The Kier molecular flexibility index (Phi) is 6.88. The number of piperazine rings is 1. The summed E-state index contributed by atoms with van der Waals surface area (Å²) >= 11 is 0. The molecule has 4 rings (SSSR count). The molecule has 1 heterocycles. The van der Waals surface area contributed by atoms with Gasteiger partial charge in [-0.25, -0.2) is 13.8 Å². The van der Waals surface area contributed by atoms with Crippen molar-refractivity contribution in [2.24, 2.45) is 5.10 Å². The fourth-order valence-electron chi connectivity index (χ4n) is 3.85. The van der Waals surface area contributed by atoms with Gasteiger partial charge in [-0.1, -0.05) is 54.1 Å². The van der Waals surface area contributed by atoms with Crippen molar-refractivity contribution in [3.8, 4) is 0 Å². The van der Waals surface area contributed by atoms with Gasteiger partial charge in [-0.05, 0) is 48.4 Å². The molecule has 1 saturated heterocycles. The van der Waals surface area contributed by atoms with Crippen LogP contribution in [-0.4, -0.2) is 62.0 Å². The highest BCUT2D eigenvalue weighted by Gasteiger charge is 2.28. The van der Waals surface area contributed by atoms with Crippen molar-refractivity contribution in [3.63, 3.8) is 0 Å². The maximum Gasteiger partial charge on any atom is 0.254 e. The van der Waals surface area contributed by atoms with Gasteiger partial charge in [0.1, 0.15) is 0 Å². The first-order valence-electron chi connectivity index (χ1n) is 10.9. The van der Waals surface area contributed by atoms with Crippen LogP contribution in [0.15, 0.2) is 76.7 Å². The second-order valence-electron chi connectivity index (χ2n) is 8.29. The lowest BCUT2D eigenvalue weighted by Gasteiger charge is -2.33. The molecule has 1 aliphatic rings. The lowest BCUT2D eigenvalue weighted by Crippen LogP contribution is -2.50. The second kappa shape index (κ2) is 9.82. The molecular weight excluding hydrogens is 436 g/mol. The predicted octanol–water partition coefficient (Wildman–Crippen LogP) is 2.99. The van der Waals surface area contributed by atoms with E-state index in [1.165, 1.54) is 4.31 Å². The van der Waals surface area contributed by atoms with Crippen LogP contribution in [0, 0.1) is 6.92 Å². The van der Waals surface area contributed by atoms with Gasteiger partial charge in [0.05, 0.1) is 17.2 Å². The Hall–Kier alpha value is -3.07. The fraction of sp³-hybridized carbons (Fsp3) is 0.280. The van der Waals surface area contributed by atoms with Crippen LogP contribution in [-0.2, 0) is 14.8 Å². The van der Waals surface area contributed by atoms with Crippen LogP contribution < -0.4 is 5.43 Å². The highest BCUT2D eigenvalue weighted by Crippen LogP contribution is 2.18. The SMILES string of the molecule is C/C(=N/NC(=O)CN1CCN(S(=O)(=O)c2ccc(C)cc2)CC1)c1ccc2ccccc2c1. The van der Waals surface area contributed by atoms with Crippen molar-refractivity contribution < 1.29 is 13.2 Å². The zero-order valence-corrected chi connectivity index (χ0v) is 19.7. The van der Waals surface area contributed by atoms with Crippen LogP contribution in [0.5, 0.6) is 0 Å². The Morgan fingerprint density at radius 1 is 0.939 bits per heavy atom. The summed E-state index contributed by atoms with van der Waals surface area (Å²) in [5.74, 6) is -0.218. The lowest BCUT2D eigenvalue weighted by atomic mass is 10.0. The van der Waals surface area contributed by atoms with Gasteiger partial charge in [-0.3, -0.25) is 9.69 Å². The minimum absolute atomic E-state index is 0.174. The molecule has 1 amide bonds. The number of rotatable bonds is 6. The van der Waals surface area contributed by atoms with Crippen LogP contribution in [0.3, 0.4) is 0 Å². The first-order chi connectivity index (χ1) is 15.8. The molecule has 3 aromatic carbocycles. The van der Waals surface area contributed by atoms with E-state index in [1.54, 1.807) is 24.3 Å². The zero-order chi connectivity index (χ0) is 23.4. The van der Waals surface area contributed by atoms with E-state index in [0.717, 1.165) is 27.6 Å². The number of aryl methyl sites for hydroxylation is 1. The minimum atomic E-state index is -3.51. The number of sulfonamides is 1. The Morgan fingerprint density at radius 3 is 2.30 bits per heavy atom. The summed E-state index contributed by atoms with van der Waals surface area (Å²) in [4.78, 5) is 14.6. The van der Waals surface area contributed by atoms with E-state index in [1.807, 2.05) is 55.1 Å². The third-order valence-electron chi connectivity index (χ3n) is 5.87. The number of fused-ring (bicyclic) bond motifs is 1. The molecule has 0 saturated carbocycles. The topological polar surface area (TPSA) is 82.1 Å². The number of benzene rings is 3. The van der Waals surface area contributed by atoms with E-state index >= 15 is 0 Å². The molecule has 0 unspecified atom stereocenters. The molecule has 3 aromatic rings. The number of nitrogens with one attached hydrogen (secondary N) is 1. The Bertz CT molecular complexity index is 1280. The summed E-state index contributed by atoms with van der Waals surface area (Å²) in [6.45, 7) is 5.64. The zero-order valence-electron chi connectivity index (χ0n) is 18.9. The first kappa shape index (κ1) is 23.1. The molecule has 0 spiro atoms. The van der Waals surface area contributed by atoms with Gasteiger partial charge >= 0.3 is 0 Å². The Balaban J connectivity index is 1.30. The standard InChI is InChI=1S/C25H28N4O3S/c1-19-7-11-24(12-8-19)33(31,32)29-15-13-28(14-16-29)18-25(30)27-26-20(2)22-10-9-21-5-3-4-6-23(21)17-22/h3-12,17H,13-16,18H2,1-2H3,(H,27,30)/b26-20-. The number of carbonyl (C=O) groups excluding carboxylic acids is 1. The van der Waals surface area contributed by atoms with Gasteiger partial charge in [-0.15, -0.1) is 0 Å². The summed E-state index contributed by atoms with van der Waals surface area (Å²) in [7, 11) is -3.51. The fourth-order valence-corrected chi connectivity index (χ4v) is 5.27. The van der Waals surface area contributed by atoms with E-state index in [4.69, 9.17) is 0 Å². The average Bonchev–Trinajstić information content (AvgIpc) is 2.83. The second-order valence-corrected chi connectivity index (χ2v) is 10.2. The monoisotopic (exact) mass is 464 g/mol. The summed E-state index contributed by atoms with van der Waals surface area (Å²) in [6, 6.07) is 21.0. The summed E-state index contributed by atoms with van der Waals surface area (Å²) in [6.07, 6.45) is 0. The highest BCUT2D eigenvalue weighted by atomic mass is 32.2. The molecule has 0 radical (unpaired) electrons. The third kappa shape index (κ3) is 5.47.